The van der Waals surface area contributed by atoms with E-state index in [9.17, 15) is 8.78 Å². The number of nitrogens with two attached hydrogens (primary N) is 1. The second-order valence-corrected chi connectivity index (χ2v) is 3.52. The number of nitrogens with zero attached hydrogens (tertiary/aromatic N) is 1. The predicted octanol–water partition coefficient (Wildman–Crippen LogP) is 2.78. The van der Waals surface area contributed by atoms with Gasteiger partial charge < -0.3 is 15.8 Å². The van der Waals surface area contributed by atoms with Gasteiger partial charge in [0, 0.05) is 13.1 Å². The quantitative estimate of drug-likeness (QED) is 0.650. The highest BCUT2D eigenvalue weighted by molar-refractivity contribution is 5.68. The van der Waals surface area contributed by atoms with Gasteiger partial charge in [-0.2, -0.15) is 9.37 Å². The van der Waals surface area contributed by atoms with Gasteiger partial charge in [0.25, 0.3) is 5.88 Å². The van der Waals surface area contributed by atoms with Crippen LogP contribution in [0, 0.1) is 11.8 Å². The predicted molar refractivity (Wildman–Crippen MR) is 64.6 cm³/mol. The Labute approximate surface area is 102 Å². The Hall–Kier alpha value is -2.37. The Balaban J connectivity index is 2.31. The number of anilines is 2. The lowest BCUT2D eigenvalue weighted by Crippen LogP contribution is -1.98. The number of nitrogens with one attached hydrogen (secondary N) is 1. The minimum Gasteiger partial charge on any atom is -0.436 e. The van der Waals surface area contributed by atoms with Gasteiger partial charge in [-0.1, -0.05) is 0 Å². The fraction of sp³-hybridized carbons (Fsp3) is 0.0833. The monoisotopic (exact) mass is 251 g/mol. The summed E-state index contributed by atoms with van der Waals surface area (Å²) < 4.78 is 31.4. The van der Waals surface area contributed by atoms with E-state index in [0.29, 0.717) is 17.1 Å². The van der Waals surface area contributed by atoms with Gasteiger partial charge in [0.05, 0.1) is 11.4 Å². The van der Waals surface area contributed by atoms with E-state index < -0.39 is 17.6 Å². The van der Waals surface area contributed by atoms with Crippen molar-refractivity contribution in [3.8, 4) is 11.6 Å². The fourth-order valence-electron chi connectivity index (χ4n) is 1.40. The third-order valence-corrected chi connectivity index (χ3v) is 2.29. The Morgan fingerprint density at radius 2 is 2.00 bits per heavy atom. The third-order valence-electron chi connectivity index (χ3n) is 2.29. The molecule has 0 saturated heterocycles. The zero-order valence-electron chi connectivity index (χ0n) is 9.58. The van der Waals surface area contributed by atoms with Crippen molar-refractivity contribution in [3.05, 3.63) is 42.1 Å². The van der Waals surface area contributed by atoms with E-state index in [1.165, 1.54) is 0 Å². The number of aromatic nitrogens is 1. The fourth-order valence-corrected chi connectivity index (χ4v) is 1.40. The van der Waals surface area contributed by atoms with Crippen molar-refractivity contribution >= 4 is 11.4 Å². The lowest BCUT2D eigenvalue weighted by molar-refractivity contribution is 0.407. The summed E-state index contributed by atoms with van der Waals surface area (Å²) in [6, 6.07) is 6.58. The van der Waals surface area contributed by atoms with Gasteiger partial charge in [-0.3, -0.25) is 0 Å². The van der Waals surface area contributed by atoms with Crippen molar-refractivity contribution in [1.29, 1.82) is 0 Å². The Morgan fingerprint density at radius 3 is 2.72 bits per heavy atom. The van der Waals surface area contributed by atoms with E-state index >= 15 is 0 Å². The summed E-state index contributed by atoms with van der Waals surface area (Å²) in [7, 11) is 1.69. The van der Waals surface area contributed by atoms with Gasteiger partial charge >= 0.3 is 0 Å². The molecule has 0 bridgehead atoms. The third kappa shape index (κ3) is 2.48. The largest absolute Gasteiger partial charge is 0.436 e. The topological polar surface area (TPSA) is 60.2 Å². The van der Waals surface area contributed by atoms with Gasteiger partial charge in [0.15, 0.2) is 5.82 Å². The molecule has 0 aliphatic carbocycles. The lowest BCUT2D eigenvalue weighted by Gasteiger charge is -2.09. The van der Waals surface area contributed by atoms with Crippen molar-refractivity contribution in [3.63, 3.8) is 0 Å². The normalized spacial score (nSPS) is 10.2. The molecule has 94 valence electrons. The van der Waals surface area contributed by atoms with Gasteiger partial charge in [-0.25, -0.2) is 4.39 Å². The zero-order valence-corrected chi connectivity index (χ0v) is 9.58. The molecule has 0 atom stereocenters. The number of benzene rings is 1. The smallest absolute Gasteiger partial charge is 0.258 e. The first-order chi connectivity index (χ1) is 8.60. The SMILES string of the molecule is CNc1cc(Oc2nc(F)ccc2F)ccc1N. The molecule has 0 fully saturated rings. The van der Waals surface area contributed by atoms with Crippen LogP contribution in [0.2, 0.25) is 0 Å². The second-order valence-electron chi connectivity index (χ2n) is 3.52. The first-order valence-corrected chi connectivity index (χ1v) is 5.17. The van der Waals surface area contributed by atoms with Crippen LogP contribution < -0.4 is 15.8 Å². The number of hydrogen-bond donors (Lipinski definition) is 2. The summed E-state index contributed by atoms with van der Waals surface area (Å²) in [5.74, 6) is -1.65. The van der Waals surface area contributed by atoms with E-state index in [4.69, 9.17) is 10.5 Å². The molecule has 0 saturated carbocycles. The molecule has 0 amide bonds. The van der Waals surface area contributed by atoms with E-state index in [1.807, 2.05) is 0 Å². The highest BCUT2D eigenvalue weighted by atomic mass is 19.1. The molecule has 1 heterocycles. The first-order valence-electron chi connectivity index (χ1n) is 5.17. The van der Waals surface area contributed by atoms with Gasteiger partial charge in [-0.15, -0.1) is 0 Å². The number of pyridine rings is 1. The Morgan fingerprint density at radius 1 is 1.22 bits per heavy atom. The van der Waals surface area contributed by atoms with Gasteiger partial charge in [0.1, 0.15) is 5.75 Å². The standard InChI is InChI=1S/C12H11F2N3O/c1-16-10-6-7(2-4-9(10)15)18-12-8(13)3-5-11(14)17-12/h2-6,16H,15H2,1H3. The van der Waals surface area contributed by atoms with Crippen molar-refractivity contribution < 1.29 is 13.5 Å². The molecule has 0 spiro atoms. The molecule has 6 heteroatoms. The van der Waals surface area contributed by atoms with Gasteiger partial charge in [-0.05, 0) is 24.3 Å². The van der Waals surface area contributed by atoms with Crippen LogP contribution in [0.1, 0.15) is 0 Å². The molecule has 0 aliphatic heterocycles. The van der Waals surface area contributed by atoms with Crippen molar-refractivity contribution in [1.82, 2.24) is 4.98 Å². The van der Waals surface area contributed by atoms with Crippen molar-refractivity contribution in [2.75, 3.05) is 18.1 Å². The maximum Gasteiger partial charge on any atom is 0.258 e. The number of ether oxygens (including phenoxy) is 1. The summed E-state index contributed by atoms with van der Waals surface area (Å²) in [6.45, 7) is 0. The molecule has 4 nitrogen and oxygen atoms in total. The molecule has 2 aromatic rings. The molecular formula is C12H11F2N3O. The summed E-state index contributed by atoms with van der Waals surface area (Å²) in [5, 5.41) is 2.85. The molecule has 2 rings (SSSR count). The number of halogens is 2. The average Bonchev–Trinajstić information content (AvgIpc) is 2.36. The van der Waals surface area contributed by atoms with E-state index in [1.54, 1.807) is 25.2 Å². The highest BCUT2D eigenvalue weighted by Gasteiger charge is 2.09. The maximum atomic E-state index is 13.3. The molecule has 1 aromatic heterocycles. The molecule has 0 aliphatic rings. The summed E-state index contributed by atoms with van der Waals surface area (Å²) >= 11 is 0. The molecule has 0 unspecified atom stereocenters. The molecule has 1 aromatic carbocycles. The van der Waals surface area contributed by atoms with Crippen LogP contribution in [0.3, 0.4) is 0 Å². The molecule has 3 N–H and O–H groups in total. The van der Waals surface area contributed by atoms with Crippen LogP contribution >= 0.6 is 0 Å². The Kier molecular flexibility index (Phi) is 3.27. The van der Waals surface area contributed by atoms with Crippen LogP contribution in [0.4, 0.5) is 20.2 Å². The minimum absolute atomic E-state index is 0.311. The van der Waals surface area contributed by atoms with Gasteiger partial charge in [0.2, 0.25) is 5.95 Å². The lowest BCUT2D eigenvalue weighted by atomic mass is 10.2. The van der Waals surface area contributed by atoms with Crippen LogP contribution in [0.5, 0.6) is 11.6 Å². The van der Waals surface area contributed by atoms with Crippen LogP contribution in [0.25, 0.3) is 0 Å². The van der Waals surface area contributed by atoms with E-state index in [-0.39, 0.29) is 0 Å². The van der Waals surface area contributed by atoms with Crippen LogP contribution in [-0.2, 0) is 0 Å². The summed E-state index contributed by atoms with van der Waals surface area (Å²) in [4.78, 5) is 3.33. The molecule has 18 heavy (non-hydrogen) atoms. The minimum atomic E-state index is -0.810. The number of nitrogen functional groups attached to an aromatic ring is 1. The number of rotatable bonds is 3. The molecular weight excluding hydrogens is 240 g/mol. The van der Waals surface area contributed by atoms with Crippen molar-refractivity contribution in [2.24, 2.45) is 0 Å². The maximum absolute atomic E-state index is 13.3. The van der Waals surface area contributed by atoms with E-state index in [2.05, 4.69) is 10.3 Å². The van der Waals surface area contributed by atoms with Crippen molar-refractivity contribution in [2.45, 2.75) is 0 Å². The highest BCUT2D eigenvalue weighted by Crippen LogP contribution is 2.28. The zero-order chi connectivity index (χ0) is 13.1. The average molecular weight is 251 g/mol. The van der Waals surface area contributed by atoms with Crippen LogP contribution in [0.15, 0.2) is 30.3 Å². The summed E-state index contributed by atoms with van der Waals surface area (Å²) in [6.07, 6.45) is 0. The van der Waals surface area contributed by atoms with Crippen LogP contribution in [-0.4, -0.2) is 12.0 Å². The number of hydrogen-bond acceptors (Lipinski definition) is 4. The first kappa shape index (κ1) is 12.1. The summed E-state index contributed by atoms with van der Waals surface area (Å²) in [5.41, 5.74) is 6.83. The molecule has 0 radical (unpaired) electrons. The van der Waals surface area contributed by atoms with E-state index in [0.717, 1.165) is 12.1 Å². The second kappa shape index (κ2) is 4.87. The Bertz CT molecular complexity index is 575.